The summed E-state index contributed by atoms with van der Waals surface area (Å²) in [5.74, 6) is 0.372. The van der Waals surface area contributed by atoms with E-state index in [0.29, 0.717) is 24.4 Å². The molecule has 1 N–H and O–H groups in total. The molecule has 1 fully saturated rings. The number of nitrogens with one attached hydrogen (secondary N) is 1. The first-order valence-electron chi connectivity index (χ1n) is 9.48. The molecule has 0 aromatic heterocycles. The predicted octanol–water partition coefficient (Wildman–Crippen LogP) is 3.83. The molecule has 4 nitrogen and oxygen atoms in total. The van der Waals surface area contributed by atoms with Gasteiger partial charge in [-0.05, 0) is 62.0 Å². The Morgan fingerprint density at radius 1 is 1.35 bits per heavy atom. The van der Waals surface area contributed by atoms with E-state index in [0.717, 1.165) is 31.5 Å². The van der Waals surface area contributed by atoms with E-state index in [4.69, 9.17) is 4.74 Å². The van der Waals surface area contributed by atoms with Crippen molar-refractivity contribution < 1.29 is 13.9 Å². The summed E-state index contributed by atoms with van der Waals surface area (Å²) in [5.41, 5.74) is 1.79. The van der Waals surface area contributed by atoms with Crippen molar-refractivity contribution in [1.29, 1.82) is 0 Å². The van der Waals surface area contributed by atoms with Gasteiger partial charge in [0.1, 0.15) is 11.9 Å². The molecular weight excluding hydrogens is 331 g/mol. The number of amides is 1. The van der Waals surface area contributed by atoms with Gasteiger partial charge < -0.3 is 15.0 Å². The number of carbonyl (C=O) groups excluding carboxylic acids is 1. The minimum Gasteiger partial charge on any atom is -0.497 e. The first-order chi connectivity index (χ1) is 12.2. The van der Waals surface area contributed by atoms with Crippen molar-refractivity contribution >= 4 is 5.91 Å². The van der Waals surface area contributed by atoms with Gasteiger partial charge in [0.2, 0.25) is 0 Å². The zero-order chi connectivity index (χ0) is 19.3. The second-order valence-electron chi connectivity index (χ2n) is 8.62. The molecule has 2 atom stereocenters. The van der Waals surface area contributed by atoms with Gasteiger partial charge in [-0.25, -0.2) is 4.39 Å². The fourth-order valence-corrected chi connectivity index (χ4v) is 3.27. The van der Waals surface area contributed by atoms with Crippen LogP contribution in [0.2, 0.25) is 0 Å². The van der Waals surface area contributed by atoms with E-state index in [-0.39, 0.29) is 17.2 Å². The van der Waals surface area contributed by atoms with Crippen molar-refractivity contribution in [3.05, 3.63) is 29.3 Å². The lowest BCUT2D eigenvalue weighted by Crippen LogP contribution is -2.46. The summed E-state index contributed by atoms with van der Waals surface area (Å²) in [6.07, 6.45) is 0.954. The molecule has 1 aliphatic rings. The van der Waals surface area contributed by atoms with Gasteiger partial charge in [-0.15, -0.1) is 0 Å². The highest BCUT2D eigenvalue weighted by molar-refractivity contribution is 5.94. The lowest BCUT2D eigenvalue weighted by molar-refractivity contribution is 0.0724. The number of benzene rings is 1. The lowest BCUT2D eigenvalue weighted by atomic mass is 9.90. The highest BCUT2D eigenvalue weighted by Crippen LogP contribution is 2.24. The standard InChI is InChI=1S/C21H33FN2O2/c1-15-10-17(12-18(11-15)26-5)20(25)23-13-16-6-8-24(14-19(16)22)9-7-21(2,3)4/h10-12,16,19H,6-9,13-14H2,1-5H3,(H,23,25)/t16-,19-/m1/s1. The van der Waals surface area contributed by atoms with Gasteiger partial charge in [0.25, 0.3) is 5.91 Å². The minimum absolute atomic E-state index is 0.114. The van der Waals surface area contributed by atoms with Gasteiger partial charge in [-0.1, -0.05) is 20.8 Å². The summed E-state index contributed by atoms with van der Waals surface area (Å²) in [6, 6.07) is 5.41. The molecule has 0 radical (unpaired) electrons. The fraction of sp³-hybridized carbons (Fsp3) is 0.667. The highest BCUT2D eigenvalue weighted by Gasteiger charge is 2.29. The molecule has 2 rings (SSSR count). The van der Waals surface area contributed by atoms with Gasteiger partial charge >= 0.3 is 0 Å². The maximum atomic E-state index is 14.5. The van der Waals surface area contributed by atoms with E-state index >= 15 is 0 Å². The van der Waals surface area contributed by atoms with Crippen LogP contribution in [-0.2, 0) is 0 Å². The summed E-state index contributed by atoms with van der Waals surface area (Å²) >= 11 is 0. The third-order valence-corrected chi connectivity index (χ3v) is 5.01. The number of nitrogens with zero attached hydrogens (tertiary/aromatic N) is 1. The number of hydrogen-bond acceptors (Lipinski definition) is 3. The summed E-state index contributed by atoms with van der Waals surface area (Å²) < 4.78 is 19.8. The average molecular weight is 365 g/mol. The van der Waals surface area contributed by atoms with Crippen LogP contribution in [0, 0.1) is 18.3 Å². The lowest BCUT2D eigenvalue weighted by Gasteiger charge is -2.36. The van der Waals surface area contributed by atoms with Crippen molar-refractivity contribution in [2.24, 2.45) is 11.3 Å². The molecule has 1 amide bonds. The maximum Gasteiger partial charge on any atom is 0.251 e. The van der Waals surface area contributed by atoms with Crippen molar-refractivity contribution in [3.8, 4) is 5.75 Å². The number of aryl methyl sites for hydroxylation is 1. The first kappa shape index (κ1) is 20.7. The van der Waals surface area contributed by atoms with Crippen molar-refractivity contribution in [1.82, 2.24) is 10.2 Å². The Balaban J connectivity index is 1.83. The quantitative estimate of drug-likeness (QED) is 0.834. The van der Waals surface area contributed by atoms with Crippen LogP contribution >= 0.6 is 0 Å². The molecule has 0 unspecified atom stereocenters. The van der Waals surface area contributed by atoms with Crippen LogP contribution in [0.5, 0.6) is 5.75 Å². The monoisotopic (exact) mass is 364 g/mol. The second-order valence-corrected chi connectivity index (χ2v) is 8.62. The normalized spacial score (nSPS) is 21.5. The molecule has 26 heavy (non-hydrogen) atoms. The van der Waals surface area contributed by atoms with E-state index in [1.165, 1.54) is 0 Å². The van der Waals surface area contributed by atoms with Crippen molar-refractivity contribution in [2.75, 3.05) is 33.3 Å². The summed E-state index contributed by atoms with van der Waals surface area (Å²) in [5, 5.41) is 2.90. The molecule has 0 aliphatic carbocycles. The van der Waals surface area contributed by atoms with Gasteiger partial charge in [0, 0.05) is 24.6 Å². The number of alkyl halides is 1. The number of hydrogen-bond donors (Lipinski definition) is 1. The van der Waals surface area contributed by atoms with Gasteiger partial charge in [0.15, 0.2) is 0 Å². The Kier molecular flexibility index (Phi) is 7.04. The van der Waals surface area contributed by atoms with Crippen LogP contribution in [0.4, 0.5) is 4.39 Å². The first-order valence-corrected chi connectivity index (χ1v) is 9.48. The SMILES string of the molecule is COc1cc(C)cc(C(=O)NC[C@H]2CCN(CCC(C)(C)C)C[C@H]2F)c1. The predicted molar refractivity (Wildman–Crippen MR) is 104 cm³/mol. The van der Waals surface area contributed by atoms with E-state index in [1.807, 2.05) is 19.1 Å². The Morgan fingerprint density at radius 3 is 2.69 bits per heavy atom. The number of halogens is 1. The second kappa shape index (κ2) is 8.85. The number of likely N-dealkylation sites (tertiary alicyclic amines) is 1. The number of rotatable bonds is 6. The highest BCUT2D eigenvalue weighted by atomic mass is 19.1. The molecule has 1 saturated heterocycles. The van der Waals surface area contributed by atoms with E-state index in [1.54, 1.807) is 13.2 Å². The Hall–Kier alpha value is -1.62. The zero-order valence-corrected chi connectivity index (χ0v) is 16.8. The van der Waals surface area contributed by atoms with Gasteiger partial charge in [-0.2, -0.15) is 0 Å². The van der Waals surface area contributed by atoms with Crippen LogP contribution in [0.15, 0.2) is 18.2 Å². The number of carbonyl (C=O) groups is 1. The van der Waals surface area contributed by atoms with Crippen LogP contribution < -0.4 is 10.1 Å². The van der Waals surface area contributed by atoms with Crippen LogP contribution in [0.1, 0.15) is 49.5 Å². The number of methoxy groups -OCH3 is 1. The third kappa shape index (κ3) is 6.27. The molecule has 1 aromatic rings. The molecule has 146 valence electrons. The molecule has 1 aromatic carbocycles. The number of ether oxygens (including phenoxy) is 1. The molecule has 1 heterocycles. The maximum absolute atomic E-state index is 14.5. The minimum atomic E-state index is -0.893. The number of piperidine rings is 1. The summed E-state index contributed by atoms with van der Waals surface area (Å²) in [7, 11) is 1.58. The molecule has 5 heteroatoms. The van der Waals surface area contributed by atoms with E-state index < -0.39 is 6.17 Å². The molecule has 1 aliphatic heterocycles. The van der Waals surface area contributed by atoms with Gasteiger partial charge in [0.05, 0.1) is 7.11 Å². The zero-order valence-electron chi connectivity index (χ0n) is 16.8. The molecule has 0 bridgehead atoms. The fourth-order valence-electron chi connectivity index (χ4n) is 3.27. The van der Waals surface area contributed by atoms with Crippen LogP contribution in [0.25, 0.3) is 0 Å². The van der Waals surface area contributed by atoms with Crippen LogP contribution in [0.3, 0.4) is 0 Å². The van der Waals surface area contributed by atoms with E-state index in [9.17, 15) is 9.18 Å². The molecule has 0 saturated carbocycles. The summed E-state index contributed by atoms with van der Waals surface area (Å²) in [6.45, 7) is 11.2. The average Bonchev–Trinajstić information content (AvgIpc) is 2.57. The topological polar surface area (TPSA) is 41.6 Å². The Morgan fingerprint density at radius 2 is 2.08 bits per heavy atom. The smallest absolute Gasteiger partial charge is 0.251 e. The molecule has 0 spiro atoms. The van der Waals surface area contributed by atoms with E-state index in [2.05, 4.69) is 31.0 Å². The Bertz CT molecular complexity index is 613. The Labute approximate surface area is 157 Å². The third-order valence-electron chi connectivity index (χ3n) is 5.01. The van der Waals surface area contributed by atoms with Gasteiger partial charge in [-0.3, -0.25) is 4.79 Å². The summed E-state index contributed by atoms with van der Waals surface area (Å²) in [4.78, 5) is 14.6. The van der Waals surface area contributed by atoms with Crippen molar-refractivity contribution in [2.45, 2.75) is 46.7 Å². The van der Waals surface area contributed by atoms with Crippen LogP contribution in [-0.4, -0.2) is 50.3 Å². The largest absolute Gasteiger partial charge is 0.497 e. The van der Waals surface area contributed by atoms with Crippen molar-refractivity contribution in [3.63, 3.8) is 0 Å². The molecular formula is C21H33FN2O2.